The number of rotatable bonds is 6. The molecular weight excluding hydrogens is 313 g/mol. The van der Waals surface area contributed by atoms with Gasteiger partial charge in [0.25, 0.3) is 0 Å². The van der Waals surface area contributed by atoms with Crippen LogP contribution in [-0.4, -0.2) is 17.6 Å². The van der Waals surface area contributed by atoms with Crippen LogP contribution in [0, 0.1) is 5.82 Å². The number of aliphatic hydroxyl groups excluding tert-OH is 1. The van der Waals surface area contributed by atoms with Gasteiger partial charge in [-0.3, -0.25) is 4.79 Å². The Morgan fingerprint density at radius 1 is 1.43 bits per heavy atom. The molecule has 1 aromatic carbocycles. The van der Waals surface area contributed by atoms with Crippen molar-refractivity contribution in [3.05, 3.63) is 57.0 Å². The first-order valence-corrected chi connectivity index (χ1v) is 7.73. The van der Waals surface area contributed by atoms with E-state index in [-0.39, 0.29) is 17.5 Å². The van der Waals surface area contributed by atoms with Crippen molar-refractivity contribution >= 4 is 28.8 Å². The monoisotopic (exact) mass is 327 g/mol. The number of aliphatic hydroxyl groups is 1. The van der Waals surface area contributed by atoms with Crippen molar-refractivity contribution in [1.29, 1.82) is 0 Å². The molecule has 1 atom stereocenters. The highest BCUT2D eigenvalue weighted by atomic mass is 35.5. The highest BCUT2D eigenvalue weighted by Crippen LogP contribution is 2.20. The molecule has 6 heteroatoms. The number of hydrogen-bond acceptors (Lipinski definition) is 3. The summed E-state index contributed by atoms with van der Waals surface area (Å²) in [7, 11) is 0. The van der Waals surface area contributed by atoms with Crippen molar-refractivity contribution in [2.45, 2.75) is 18.9 Å². The van der Waals surface area contributed by atoms with E-state index in [9.17, 15) is 14.3 Å². The summed E-state index contributed by atoms with van der Waals surface area (Å²) in [5.41, 5.74) is 0.490. The zero-order valence-electron chi connectivity index (χ0n) is 11.2. The lowest BCUT2D eigenvalue weighted by atomic mass is 10.1. The van der Waals surface area contributed by atoms with E-state index in [1.807, 2.05) is 17.5 Å². The summed E-state index contributed by atoms with van der Waals surface area (Å²) in [5, 5.41) is 14.0. The van der Waals surface area contributed by atoms with E-state index in [4.69, 9.17) is 11.6 Å². The average Bonchev–Trinajstić information content (AvgIpc) is 2.99. The highest BCUT2D eigenvalue weighted by Gasteiger charge is 2.15. The standard InChI is InChI=1S/C15H15ClFNO2S/c16-12-5-3-10(8-13(12)17)14(9-19)18-15(20)6-4-11-2-1-7-21-11/h1-3,5,7-8,14,19H,4,6,9H2,(H,18,20). The second-order valence-corrected chi connectivity index (χ2v) is 6.00. The van der Waals surface area contributed by atoms with Crippen molar-refractivity contribution < 1.29 is 14.3 Å². The maximum Gasteiger partial charge on any atom is 0.220 e. The van der Waals surface area contributed by atoms with E-state index >= 15 is 0 Å². The van der Waals surface area contributed by atoms with Gasteiger partial charge in [-0.1, -0.05) is 23.7 Å². The quantitative estimate of drug-likeness (QED) is 0.855. The lowest BCUT2D eigenvalue weighted by molar-refractivity contribution is -0.122. The topological polar surface area (TPSA) is 49.3 Å². The fourth-order valence-corrected chi connectivity index (χ4v) is 2.75. The van der Waals surface area contributed by atoms with E-state index < -0.39 is 11.9 Å². The molecule has 2 aromatic rings. The third-order valence-corrected chi connectivity index (χ3v) is 4.29. The van der Waals surface area contributed by atoms with Crippen LogP contribution in [0.5, 0.6) is 0 Å². The Morgan fingerprint density at radius 3 is 2.86 bits per heavy atom. The Bertz CT molecular complexity index is 604. The predicted octanol–water partition coefficient (Wildman–Crippen LogP) is 3.32. The van der Waals surface area contributed by atoms with Gasteiger partial charge in [-0.05, 0) is 35.6 Å². The Hall–Kier alpha value is -1.43. The number of halogens is 2. The molecule has 0 saturated heterocycles. The smallest absolute Gasteiger partial charge is 0.220 e. The van der Waals surface area contributed by atoms with Crippen LogP contribution < -0.4 is 5.32 Å². The third-order valence-electron chi connectivity index (χ3n) is 3.04. The SMILES string of the molecule is O=C(CCc1cccs1)NC(CO)c1ccc(Cl)c(F)c1. The summed E-state index contributed by atoms with van der Waals surface area (Å²) in [6.45, 7) is -0.300. The van der Waals surface area contributed by atoms with Crippen molar-refractivity contribution in [1.82, 2.24) is 5.32 Å². The molecule has 1 unspecified atom stereocenters. The Morgan fingerprint density at radius 2 is 2.24 bits per heavy atom. The number of aryl methyl sites for hydroxylation is 1. The first-order chi connectivity index (χ1) is 10.1. The zero-order valence-corrected chi connectivity index (χ0v) is 12.8. The lowest BCUT2D eigenvalue weighted by Crippen LogP contribution is -2.31. The number of carbonyl (C=O) groups excluding carboxylic acids is 1. The van der Waals surface area contributed by atoms with Crippen LogP contribution >= 0.6 is 22.9 Å². The normalized spacial score (nSPS) is 12.1. The van der Waals surface area contributed by atoms with E-state index in [0.29, 0.717) is 18.4 Å². The molecule has 2 rings (SSSR count). The molecule has 0 fully saturated rings. The minimum absolute atomic E-state index is 0.0134. The van der Waals surface area contributed by atoms with Crippen LogP contribution in [0.25, 0.3) is 0 Å². The van der Waals surface area contributed by atoms with Crippen LogP contribution in [0.4, 0.5) is 4.39 Å². The molecule has 1 amide bonds. The van der Waals surface area contributed by atoms with Gasteiger partial charge in [0, 0.05) is 11.3 Å². The van der Waals surface area contributed by atoms with Gasteiger partial charge in [-0.15, -0.1) is 11.3 Å². The maximum absolute atomic E-state index is 13.4. The van der Waals surface area contributed by atoms with Crippen LogP contribution in [0.1, 0.15) is 22.9 Å². The molecule has 2 N–H and O–H groups in total. The average molecular weight is 328 g/mol. The van der Waals surface area contributed by atoms with Crippen LogP contribution in [0.15, 0.2) is 35.7 Å². The van der Waals surface area contributed by atoms with Crippen LogP contribution in [0.3, 0.4) is 0 Å². The molecule has 0 saturated carbocycles. The van der Waals surface area contributed by atoms with Crippen LogP contribution in [0.2, 0.25) is 5.02 Å². The summed E-state index contributed by atoms with van der Waals surface area (Å²) in [4.78, 5) is 13.0. The second-order valence-electron chi connectivity index (χ2n) is 4.56. The summed E-state index contributed by atoms with van der Waals surface area (Å²) >= 11 is 7.21. The fraction of sp³-hybridized carbons (Fsp3) is 0.267. The molecule has 0 aliphatic carbocycles. The van der Waals surface area contributed by atoms with Crippen molar-refractivity contribution in [3.63, 3.8) is 0 Å². The van der Waals surface area contributed by atoms with Gasteiger partial charge in [-0.25, -0.2) is 4.39 Å². The number of amides is 1. The highest BCUT2D eigenvalue weighted by molar-refractivity contribution is 7.09. The molecule has 1 aromatic heterocycles. The lowest BCUT2D eigenvalue weighted by Gasteiger charge is -2.17. The van der Waals surface area contributed by atoms with Gasteiger partial charge >= 0.3 is 0 Å². The third kappa shape index (κ3) is 4.52. The number of carbonyl (C=O) groups is 1. The summed E-state index contributed by atoms with van der Waals surface area (Å²) in [6.07, 6.45) is 0.976. The number of thiophene rings is 1. The molecule has 21 heavy (non-hydrogen) atoms. The van der Waals surface area contributed by atoms with E-state index in [2.05, 4.69) is 5.32 Å². The minimum Gasteiger partial charge on any atom is -0.394 e. The predicted molar refractivity (Wildman–Crippen MR) is 82.0 cm³/mol. The maximum atomic E-state index is 13.4. The summed E-state index contributed by atoms with van der Waals surface area (Å²) < 4.78 is 13.4. The molecule has 0 bridgehead atoms. The molecule has 0 aliphatic heterocycles. The van der Waals surface area contributed by atoms with Crippen molar-refractivity contribution in [2.24, 2.45) is 0 Å². The second kappa shape index (κ2) is 7.54. The molecule has 112 valence electrons. The number of benzene rings is 1. The molecule has 0 spiro atoms. The Labute approximate surface area is 131 Å². The van der Waals surface area contributed by atoms with E-state index in [1.165, 1.54) is 12.1 Å². The van der Waals surface area contributed by atoms with Crippen LogP contribution in [-0.2, 0) is 11.2 Å². The minimum atomic E-state index is -0.632. The molecule has 3 nitrogen and oxygen atoms in total. The van der Waals surface area contributed by atoms with Gasteiger partial charge in [0.1, 0.15) is 5.82 Å². The first-order valence-electron chi connectivity index (χ1n) is 6.47. The van der Waals surface area contributed by atoms with Gasteiger partial charge in [0.05, 0.1) is 17.7 Å². The van der Waals surface area contributed by atoms with Gasteiger partial charge in [0.2, 0.25) is 5.91 Å². The van der Waals surface area contributed by atoms with Gasteiger partial charge in [-0.2, -0.15) is 0 Å². The first kappa shape index (κ1) is 15.9. The zero-order chi connectivity index (χ0) is 15.2. The number of nitrogens with one attached hydrogen (secondary N) is 1. The molecule has 1 heterocycles. The van der Waals surface area contributed by atoms with Crippen molar-refractivity contribution in [3.8, 4) is 0 Å². The van der Waals surface area contributed by atoms with Gasteiger partial charge < -0.3 is 10.4 Å². The Kier molecular flexibility index (Phi) is 5.73. The van der Waals surface area contributed by atoms with Crippen molar-refractivity contribution in [2.75, 3.05) is 6.61 Å². The molecular formula is C15H15ClFNO2S. The molecule has 0 aliphatic rings. The Balaban J connectivity index is 1.94. The fourth-order valence-electron chi connectivity index (χ4n) is 1.92. The number of hydrogen-bond donors (Lipinski definition) is 2. The molecule has 0 radical (unpaired) electrons. The largest absolute Gasteiger partial charge is 0.394 e. The van der Waals surface area contributed by atoms with E-state index in [0.717, 1.165) is 4.88 Å². The van der Waals surface area contributed by atoms with E-state index in [1.54, 1.807) is 17.4 Å². The summed E-state index contributed by atoms with van der Waals surface area (Å²) in [5.74, 6) is -0.752. The summed E-state index contributed by atoms with van der Waals surface area (Å²) in [6, 6.07) is 7.50. The van der Waals surface area contributed by atoms with Gasteiger partial charge in [0.15, 0.2) is 0 Å².